The van der Waals surface area contributed by atoms with Crippen LogP contribution in [0.4, 0.5) is 16.4 Å². The van der Waals surface area contributed by atoms with Gasteiger partial charge in [-0.25, -0.2) is 9.36 Å². The summed E-state index contributed by atoms with van der Waals surface area (Å²) in [5.41, 5.74) is 0.0705. The lowest BCUT2D eigenvalue weighted by Crippen LogP contribution is -2.46. The first-order chi connectivity index (χ1) is 16.5. The number of H-pyrrole nitrogens is 1. The number of nitro groups is 1. The third kappa shape index (κ3) is 3.60. The number of benzene rings is 2. The van der Waals surface area contributed by atoms with E-state index in [4.69, 9.17) is 0 Å². The van der Waals surface area contributed by atoms with Crippen LogP contribution in [-0.2, 0) is 0 Å². The summed E-state index contributed by atoms with van der Waals surface area (Å²) in [5.74, 6) is 0. The molecular formula is C23H18N6O4S. The summed E-state index contributed by atoms with van der Waals surface area (Å²) >= 11 is 1.15. The van der Waals surface area contributed by atoms with Crippen molar-refractivity contribution < 1.29 is 4.92 Å². The Hall–Kier alpha value is -4.43. The minimum Gasteiger partial charge on any atom is -0.368 e. The van der Waals surface area contributed by atoms with Gasteiger partial charge in [0, 0.05) is 44.0 Å². The fourth-order valence-corrected chi connectivity index (χ4v) is 5.35. The first-order valence-electron chi connectivity index (χ1n) is 10.5. The van der Waals surface area contributed by atoms with Gasteiger partial charge in [0.15, 0.2) is 0 Å². The smallest absolute Gasteiger partial charge is 0.333 e. The maximum absolute atomic E-state index is 13.3. The van der Waals surface area contributed by atoms with Crippen LogP contribution in [0.2, 0.25) is 0 Å². The van der Waals surface area contributed by atoms with Crippen LogP contribution >= 0.6 is 11.3 Å². The van der Waals surface area contributed by atoms with Crippen molar-refractivity contribution in [2.45, 2.75) is 0 Å². The van der Waals surface area contributed by atoms with E-state index in [9.17, 15) is 25.0 Å². The largest absolute Gasteiger partial charge is 0.368 e. The standard InChI is InChI=1S/C23H18N6O4S/c24-14-18-19-20(21(30)28(23(31)25-19)16-7-4-8-17(13-16)29(32)33)34-22(18)27-11-9-26(10-12-27)15-5-2-1-3-6-15/h1-8,13H,9-12H2,(H,25,31). The van der Waals surface area contributed by atoms with Crippen LogP contribution in [0.1, 0.15) is 5.56 Å². The van der Waals surface area contributed by atoms with E-state index in [1.807, 2.05) is 18.2 Å². The van der Waals surface area contributed by atoms with Gasteiger partial charge in [-0.15, -0.1) is 11.3 Å². The molecule has 34 heavy (non-hydrogen) atoms. The zero-order valence-electron chi connectivity index (χ0n) is 17.8. The number of fused-ring (bicyclic) bond motifs is 1. The monoisotopic (exact) mass is 474 g/mol. The number of anilines is 2. The number of para-hydroxylation sites is 1. The summed E-state index contributed by atoms with van der Waals surface area (Å²) in [7, 11) is 0. The molecule has 3 heterocycles. The van der Waals surface area contributed by atoms with Crippen LogP contribution in [0.5, 0.6) is 0 Å². The van der Waals surface area contributed by atoms with Crippen molar-refractivity contribution in [3.05, 3.63) is 91.1 Å². The van der Waals surface area contributed by atoms with Gasteiger partial charge in [0.1, 0.15) is 21.3 Å². The van der Waals surface area contributed by atoms with Crippen LogP contribution in [0, 0.1) is 21.4 Å². The summed E-state index contributed by atoms with van der Waals surface area (Å²) in [6.07, 6.45) is 0. The zero-order valence-corrected chi connectivity index (χ0v) is 18.6. The van der Waals surface area contributed by atoms with E-state index in [-0.39, 0.29) is 27.2 Å². The molecule has 0 saturated carbocycles. The molecule has 0 spiro atoms. The molecule has 1 fully saturated rings. The van der Waals surface area contributed by atoms with E-state index in [0.717, 1.165) is 34.7 Å². The summed E-state index contributed by atoms with van der Waals surface area (Å²) < 4.78 is 1.09. The number of thiophene rings is 1. The van der Waals surface area contributed by atoms with Crippen molar-refractivity contribution >= 4 is 37.9 Å². The molecular weight excluding hydrogens is 456 g/mol. The molecule has 10 nitrogen and oxygen atoms in total. The molecule has 2 aromatic heterocycles. The Bertz CT molecular complexity index is 1560. The van der Waals surface area contributed by atoms with E-state index in [0.29, 0.717) is 18.1 Å². The van der Waals surface area contributed by atoms with Crippen LogP contribution in [-0.4, -0.2) is 40.7 Å². The van der Waals surface area contributed by atoms with Crippen LogP contribution in [0.3, 0.4) is 0 Å². The van der Waals surface area contributed by atoms with Gasteiger partial charge in [-0.3, -0.25) is 14.9 Å². The lowest BCUT2D eigenvalue weighted by atomic mass is 10.2. The molecule has 0 atom stereocenters. The highest BCUT2D eigenvalue weighted by Gasteiger charge is 2.25. The molecule has 0 radical (unpaired) electrons. The molecule has 1 aliphatic heterocycles. The van der Waals surface area contributed by atoms with Gasteiger partial charge < -0.3 is 14.8 Å². The third-order valence-corrected chi connectivity index (χ3v) is 7.06. The second-order valence-corrected chi connectivity index (χ2v) is 8.75. The Morgan fingerprint density at radius 1 is 0.971 bits per heavy atom. The average Bonchev–Trinajstić information content (AvgIpc) is 3.23. The molecule has 1 saturated heterocycles. The summed E-state index contributed by atoms with van der Waals surface area (Å²) in [6, 6.07) is 17.5. The van der Waals surface area contributed by atoms with E-state index >= 15 is 0 Å². The highest BCUT2D eigenvalue weighted by molar-refractivity contribution is 7.23. The van der Waals surface area contributed by atoms with Gasteiger partial charge in [0.05, 0.1) is 16.1 Å². The van der Waals surface area contributed by atoms with Crippen molar-refractivity contribution in [1.29, 1.82) is 5.26 Å². The summed E-state index contributed by atoms with van der Waals surface area (Å²) in [6.45, 7) is 2.80. The molecule has 170 valence electrons. The predicted molar refractivity (Wildman–Crippen MR) is 130 cm³/mol. The normalized spacial score (nSPS) is 13.7. The number of nitro benzene ring substituents is 1. The third-order valence-electron chi connectivity index (χ3n) is 5.82. The maximum atomic E-state index is 13.3. The molecule has 2 aromatic carbocycles. The Morgan fingerprint density at radius 3 is 2.32 bits per heavy atom. The minimum absolute atomic E-state index is 0.0901. The number of hydrogen-bond acceptors (Lipinski definition) is 8. The number of hydrogen-bond donors (Lipinski definition) is 1. The highest BCUT2D eigenvalue weighted by Crippen LogP contribution is 2.35. The van der Waals surface area contributed by atoms with Gasteiger partial charge in [-0.05, 0) is 18.2 Å². The Labute approximate surface area is 196 Å². The fourth-order valence-electron chi connectivity index (χ4n) is 4.16. The minimum atomic E-state index is -0.757. The second-order valence-electron chi connectivity index (χ2n) is 7.76. The fraction of sp³-hybridized carbons (Fsp3) is 0.174. The maximum Gasteiger partial charge on any atom is 0.333 e. The van der Waals surface area contributed by atoms with Gasteiger partial charge in [-0.1, -0.05) is 24.3 Å². The van der Waals surface area contributed by atoms with Gasteiger partial charge >= 0.3 is 5.69 Å². The van der Waals surface area contributed by atoms with Crippen LogP contribution < -0.4 is 21.0 Å². The first kappa shape index (κ1) is 21.4. The van der Waals surface area contributed by atoms with E-state index in [1.165, 1.54) is 24.3 Å². The SMILES string of the molecule is N#Cc1c(N2CCN(c3ccccc3)CC2)sc2c(=O)n(-c3cccc([N+](=O)[O-])c3)c(=O)[nH]c12. The molecule has 11 heteroatoms. The molecule has 0 amide bonds. The highest BCUT2D eigenvalue weighted by atomic mass is 32.1. The molecule has 0 bridgehead atoms. The van der Waals surface area contributed by atoms with Crippen molar-refractivity contribution in [2.24, 2.45) is 0 Å². The van der Waals surface area contributed by atoms with Crippen LogP contribution in [0.15, 0.2) is 64.2 Å². The summed E-state index contributed by atoms with van der Waals surface area (Å²) in [4.78, 5) is 43.6. The number of nitriles is 1. The van der Waals surface area contributed by atoms with E-state index in [2.05, 4.69) is 33.0 Å². The number of aromatic nitrogens is 2. The number of nitrogens with one attached hydrogen (secondary N) is 1. The number of piperazine rings is 1. The van der Waals surface area contributed by atoms with Crippen molar-refractivity contribution in [2.75, 3.05) is 36.0 Å². The summed E-state index contributed by atoms with van der Waals surface area (Å²) in [5, 5.41) is 21.6. The molecule has 5 rings (SSSR count). The van der Waals surface area contributed by atoms with Crippen molar-refractivity contribution in [3.8, 4) is 11.8 Å². The molecule has 0 aliphatic carbocycles. The number of nitrogens with zero attached hydrogens (tertiary/aromatic N) is 5. The van der Waals surface area contributed by atoms with Gasteiger partial charge in [-0.2, -0.15) is 5.26 Å². The molecule has 1 N–H and O–H groups in total. The quantitative estimate of drug-likeness (QED) is 0.356. The topological polar surface area (TPSA) is 128 Å². The van der Waals surface area contributed by atoms with E-state index < -0.39 is 16.2 Å². The molecule has 0 unspecified atom stereocenters. The predicted octanol–water partition coefficient (Wildman–Crippen LogP) is 2.85. The van der Waals surface area contributed by atoms with E-state index in [1.54, 1.807) is 0 Å². The first-order valence-corrected chi connectivity index (χ1v) is 11.3. The Balaban J connectivity index is 1.54. The van der Waals surface area contributed by atoms with Gasteiger partial charge in [0.2, 0.25) is 0 Å². The van der Waals surface area contributed by atoms with Crippen LogP contribution in [0.25, 0.3) is 15.9 Å². The van der Waals surface area contributed by atoms with Crippen molar-refractivity contribution in [3.63, 3.8) is 0 Å². The number of rotatable bonds is 4. The Kier molecular flexibility index (Phi) is 5.35. The second kappa shape index (κ2) is 8.49. The molecule has 1 aliphatic rings. The Morgan fingerprint density at radius 2 is 1.65 bits per heavy atom. The lowest BCUT2D eigenvalue weighted by Gasteiger charge is -2.36. The zero-order chi connectivity index (χ0) is 23.8. The number of aromatic amines is 1. The average molecular weight is 475 g/mol. The van der Waals surface area contributed by atoms with Gasteiger partial charge in [0.25, 0.3) is 11.2 Å². The molecule has 4 aromatic rings. The van der Waals surface area contributed by atoms with Crippen molar-refractivity contribution in [1.82, 2.24) is 9.55 Å². The number of non-ortho nitro benzene ring substituents is 1. The lowest BCUT2D eigenvalue weighted by molar-refractivity contribution is -0.384.